The van der Waals surface area contributed by atoms with Crippen molar-refractivity contribution in [2.75, 3.05) is 18.1 Å². The van der Waals surface area contributed by atoms with Crippen molar-refractivity contribution < 1.29 is 9.53 Å². The maximum Gasteiger partial charge on any atom is 0.306 e. The van der Waals surface area contributed by atoms with Crippen LogP contribution >= 0.6 is 27.7 Å². The van der Waals surface area contributed by atoms with Gasteiger partial charge in [-0.05, 0) is 34.3 Å². The molecule has 4 nitrogen and oxygen atoms in total. The lowest BCUT2D eigenvalue weighted by atomic mass is 10.0. The number of nitrogens with two attached hydrogens (primary N) is 1. The highest BCUT2D eigenvalue weighted by molar-refractivity contribution is 9.10. The minimum Gasteiger partial charge on any atom is -0.465 e. The predicted molar refractivity (Wildman–Crippen MR) is 96.0 cm³/mol. The molecule has 124 valence electrons. The van der Waals surface area contributed by atoms with E-state index >= 15 is 0 Å². The number of hydrogen-bond donors (Lipinski definition) is 1. The SMILES string of the molecule is CCCCC(CC)COC(=O)CCSc1cc(Br)cnc1N. The molecule has 1 atom stereocenters. The maximum atomic E-state index is 11.8. The van der Waals surface area contributed by atoms with Gasteiger partial charge in [-0.1, -0.05) is 33.1 Å². The Morgan fingerprint density at radius 1 is 1.50 bits per heavy atom. The molecule has 1 rings (SSSR count). The predicted octanol–water partition coefficient (Wildman–Crippen LogP) is 4.67. The highest BCUT2D eigenvalue weighted by Gasteiger charge is 2.11. The number of rotatable bonds is 10. The molecule has 0 spiro atoms. The standard InChI is InChI=1S/C16H25BrN2O2S/c1-3-5-6-12(4-2)11-21-15(20)7-8-22-14-9-13(17)10-19-16(14)18/h9-10,12H,3-8,11H2,1-2H3,(H2,18,19). The molecule has 1 aromatic rings. The van der Waals surface area contributed by atoms with Gasteiger partial charge in [0.1, 0.15) is 5.82 Å². The number of anilines is 1. The summed E-state index contributed by atoms with van der Waals surface area (Å²) in [5, 5.41) is 0. The van der Waals surface area contributed by atoms with Gasteiger partial charge < -0.3 is 10.5 Å². The normalized spacial score (nSPS) is 12.1. The van der Waals surface area contributed by atoms with Gasteiger partial charge >= 0.3 is 5.97 Å². The molecule has 0 saturated heterocycles. The number of esters is 1. The number of thioether (sulfide) groups is 1. The van der Waals surface area contributed by atoms with Crippen molar-refractivity contribution in [3.63, 3.8) is 0 Å². The molecule has 1 unspecified atom stereocenters. The average Bonchev–Trinajstić information content (AvgIpc) is 2.51. The van der Waals surface area contributed by atoms with Crippen LogP contribution in [0.15, 0.2) is 21.6 Å². The van der Waals surface area contributed by atoms with Crippen molar-refractivity contribution in [1.29, 1.82) is 0 Å². The lowest BCUT2D eigenvalue weighted by Gasteiger charge is -2.14. The van der Waals surface area contributed by atoms with Crippen molar-refractivity contribution in [2.45, 2.75) is 50.8 Å². The Kier molecular flexibility index (Phi) is 9.55. The second-order valence-corrected chi connectivity index (χ2v) is 7.29. The van der Waals surface area contributed by atoms with Crippen molar-refractivity contribution >= 4 is 39.5 Å². The minimum atomic E-state index is -0.135. The average molecular weight is 389 g/mol. The molecule has 1 heterocycles. The minimum absolute atomic E-state index is 0.135. The number of carbonyl (C=O) groups excluding carboxylic acids is 1. The van der Waals surface area contributed by atoms with E-state index in [0.717, 1.165) is 22.2 Å². The molecule has 0 aromatic carbocycles. The molecule has 0 aliphatic carbocycles. The first kappa shape index (κ1) is 19.3. The molecular weight excluding hydrogens is 364 g/mol. The van der Waals surface area contributed by atoms with Crippen molar-refractivity contribution in [3.05, 3.63) is 16.7 Å². The number of nitrogen functional groups attached to an aromatic ring is 1. The first-order valence-corrected chi connectivity index (χ1v) is 9.54. The third-order valence-corrected chi connectivity index (χ3v) is 4.92. The lowest BCUT2D eigenvalue weighted by molar-refractivity contribution is -0.144. The molecule has 1 aromatic heterocycles. The lowest BCUT2D eigenvalue weighted by Crippen LogP contribution is -2.14. The quantitative estimate of drug-likeness (QED) is 0.465. The number of pyridine rings is 1. The second-order valence-electron chi connectivity index (χ2n) is 5.23. The highest BCUT2D eigenvalue weighted by Crippen LogP contribution is 2.26. The smallest absolute Gasteiger partial charge is 0.306 e. The Morgan fingerprint density at radius 2 is 2.27 bits per heavy atom. The monoisotopic (exact) mass is 388 g/mol. The van der Waals surface area contributed by atoms with Crippen molar-refractivity contribution in [2.24, 2.45) is 5.92 Å². The van der Waals surface area contributed by atoms with Gasteiger partial charge in [-0.25, -0.2) is 4.98 Å². The van der Waals surface area contributed by atoms with Gasteiger partial charge in [-0.15, -0.1) is 11.8 Å². The molecule has 0 saturated carbocycles. The summed E-state index contributed by atoms with van der Waals surface area (Å²) in [6.45, 7) is 4.87. The van der Waals surface area contributed by atoms with E-state index in [4.69, 9.17) is 10.5 Å². The molecule has 0 radical (unpaired) electrons. The Balaban J connectivity index is 2.26. The number of aromatic nitrogens is 1. The van der Waals surface area contributed by atoms with Crippen LogP contribution in [0.25, 0.3) is 0 Å². The number of nitrogens with zero attached hydrogens (tertiary/aromatic N) is 1. The molecule has 2 N–H and O–H groups in total. The Hall–Kier alpha value is -0.750. The molecule has 0 aliphatic rings. The third-order valence-electron chi connectivity index (χ3n) is 3.44. The van der Waals surface area contributed by atoms with Gasteiger partial charge in [-0.2, -0.15) is 0 Å². The fourth-order valence-electron chi connectivity index (χ4n) is 1.97. The van der Waals surface area contributed by atoms with E-state index < -0.39 is 0 Å². The van der Waals surface area contributed by atoms with Crippen molar-refractivity contribution in [1.82, 2.24) is 4.98 Å². The van der Waals surface area contributed by atoms with Crippen LogP contribution in [0.5, 0.6) is 0 Å². The fourth-order valence-corrected chi connectivity index (χ4v) is 3.35. The largest absolute Gasteiger partial charge is 0.465 e. The van der Waals surface area contributed by atoms with E-state index in [1.165, 1.54) is 24.6 Å². The van der Waals surface area contributed by atoms with Crippen LogP contribution in [0, 0.1) is 5.92 Å². The highest BCUT2D eigenvalue weighted by atomic mass is 79.9. The molecule has 0 amide bonds. The van der Waals surface area contributed by atoms with Crippen LogP contribution in [-0.4, -0.2) is 23.3 Å². The summed E-state index contributed by atoms with van der Waals surface area (Å²) < 4.78 is 6.26. The summed E-state index contributed by atoms with van der Waals surface area (Å²) in [6.07, 6.45) is 6.62. The Labute approximate surface area is 145 Å². The Bertz CT molecular complexity index is 471. The first-order valence-electron chi connectivity index (χ1n) is 7.76. The molecule has 0 aliphatic heterocycles. The van der Waals surface area contributed by atoms with Crippen LogP contribution in [-0.2, 0) is 9.53 Å². The maximum absolute atomic E-state index is 11.8. The Morgan fingerprint density at radius 3 is 2.95 bits per heavy atom. The third kappa shape index (κ3) is 7.49. The zero-order valence-corrected chi connectivity index (χ0v) is 15.7. The van der Waals surface area contributed by atoms with E-state index in [1.54, 1.807) is 6.20 Å². The summed E-state index contributed by atoms with van der Waals surface area (Å²) in [4.78, 5) is 16.7. The summed E-state index contributed by atoms with van der Waals surface area (Å²) in [6, 6.07) is 1.91. The van der Waals surface area contributed by atoms with Gasteiger partial charge in [0, 0.05) is 16.4 Å². The zero-order chi connectivity index (χ0) is 16.4. The molecule has 0 fully saturated rings. The number of ether oxygens (including phenoxy) is 1. The molecule has 6 heteroatoms. The van der Waals surface area contributed by atoms with E-state index in [-0.39, 0.29) is 5.97 Å². The molecule has 22 heavy (non-hydrogen) atoms. The summed E-state index contributed by atoms with van der Waals surface area (Å²) in [5.41, 5.74) is 5.80. The van der Waals surface area contributed by atoms with Crippen LogP contribution in [0.2, 0.25) is 0 Å². The van der Waals surface area contributed by atoms with E-state index in [2.05, 4.69) is 34.8 Å². The van der Waals surface area contributed by atoms with Crippen molar-refractivity contribution in [3.8, 4) is 0 Å². The van der Waals surface area contributed by atoms with Gasteiger partial charge in [0.15, 0.2) is 0 Å². The first-order chi connectivity index (χ1) is 10.6. The fraction of sp³-hybridized carbons (Fsp3) is 0.625. The number of carbonyl (C=O) groups is 1. The summed E-state index contributed by atoms with van der Waals surface area (Å²) in [7, 11) is 0. The summed E-state index contributed by atoms with van der Waals surface area (Å²) in [5.74, 6) is 1.49. The van der Waals surface area contributed by atoms with Gasteiger partial charge in [0.05, 0.1) is 17.9 Å². The summed E-state index contributed by atoms with van der Waals surface area (Å²) >= 11 is 4.89. The van der Waals surface area contributed by atoms with Crippen LogP contribution in [0.1, 0.15) is 46.0 Å². The van der Waals surface area contributed by atoms with Gasteiger partial charge in [-0.3, -0.25) is 4.79 Å². The zero-order valence-electron chi connectivity index (χ0n) is 13.3. The van der Waals surface area contributed by atoms with Crippen LogP contribution < -0.4 is 5.73 Å². The van der Waals surface area contributed by atoms with Crippen LogP contribution in [0.3, 0.4) is 0 Å². The molecule has 0 bridgehead atoms. The van der Waals surface area contributed by atoms with E-state index in [1.807, 2.05) is 6.07 Å². The topological polar surface area (TPSA) is 65.2 Å². The second kappa shape index (κ2) is 10.9. The van der Waals surface area contributed by atoms with Gasteiger partial charge in [0.25, 0.3) is 0 Å². The number of halogens is 1. The number of unbranched alkanes of at least 4 members (excludes halogenated alkanes) is 1. The van der Waals surface area contributed by atoms with Crippen LogP contribution in [0.4, 0.5) is 5.82 Å². The van der Waals surface area contributed by atoms with Gasteiger partial charge in [0.2, 0.25) is 0 Å². The number of hydrogen-bond acceptors (Lipinski definition) is 5. The van der Waals surface area contributed by atoms with E-state index in [0.29, 0.717) is 30.5 Å². The molecular formula is C16H25BrN2O2S. The van der Waals surface area contributed by atoms with E-state index in [9.17, 15) is 4.79 Å².